The number of anilines is 1. The molecule has 0 fully saturated rings. The Morgan fingerprint density at radius 2 is 1.90 bits per heavy atom. The van der Waals surface area contributed by atoms with Gasteiger partial charge in [0.05, 0.1) is 18.4 Å². The summed E-state index contributed by atoms with van der Waals surface area (Å²) in [5.41, 5.74) is -0.682. The zero-order chi connectivity index (χ0) is 22.1. The predicted octanol–water partition coefficient (Wildman–Crippen LogP) is 3.37. The van der Waals surface area contributed by atoms with Crippen molar-refractivity contribution in [1.82, 2.24) is 9.55 Å². The molecule has 0 radical (unpaired) electrons. The van der Waals surface area contributed by atoms with E-state index in [1.54, 1.807) is 24.3 Å². The maximum absolute atomic E-state index is 12.8. The summed E-state index contributed by atoms with van der Waals surface area (Å²) in [5.74, 6) is -0.474. The van der Waals surface area contributed by atoms with E-state index >= 15 is 0 Å². The van der Waals surface area contributed by atoms with Crippen LogP contribution < -0.4 is 10.5 Å². The molecule has 0 aliphatic rings. The summed E-state index contributed by atoms with van der Waals surface area (Å²) < 4.78 is 63.3. The van der Waals surface area contributed by atoms with E-state index in [1.165, 1.54) is 12.1 Å². The van der Waals surface area contributed by atoms with Crippen molar-refractivity contribution in [2.45, 2.75) is 17.5 Å². The number of nitrogens with zero attached hydrogens (tertiary/aromatic N) is 2. The zero-order valence-corrected chi connectivity index (χ0v) is 16.6. The number of sulfonamides is 1. The van der Waals surface area contributed by atoms with Crippen LogP contribution in [0.1, 0.15) is 11.3 Å². The Morgan fingerprint density at radius 1 is 1.20 bits per heavy atom. The van der Waals surface area contributed by atoms with Crippen molar-refractivity contribution >= 4 is 33.2 Å². The Hall–Kier alpha value is -2.89. The predicted molar refractivity (Wildman–Crippen MR) is 104 cm³/mol. The number of primary sulfonamides is 1. The van der Waals surface area contributed by atoms with Crippen LogP contribution in [0.4, 0.5) is 18.9 Å². The maximum atomic E-state index is 12.8. The first kappa shape index (κ1) is 21.8. The molecule has 3 aromatic rings. The summed E-state index contributed by atoms with van der Waals surface area (Å²) in [4.78, 5) is 15.0. The number of aromatic nitrogens is 2. The van der Waals surface area contributed by atoms with Gasteiger partial charge in [-0.05, 0) is 29.8 Å². The molecule has 0 aliphatic carbocycles. The molecule has 0 saturated carbocycles. The van der Waals surface area contributed by atoms with E-state index < -0.39 is 32.7 Å². The summed E-state index contributed by atoms with van der Waals surface area (Å²) in [7, 11) is -4.33. The SMILES string of the molecule is NS(=O)(=O)c1cc(NC(=O)Cc2ccccc2Cl)ccc1-n1cnc(C(F)(F)F)c1. The topological polar surface area (TPSA) is 107 Å². The van der Waals surface area contributed by atoms with Crippen LogP contribution in [0.2, 0.25) is 5.02 Å². The molecule has 158 valence electrons. The van der Waals surface area contributed by atoms with E-state index in [1.807, 2.05) is 0 Å². The minimum absolute atomic E-state index is 0.0669. The molecule has 3 N–H and O–H groups in total. The number of nitrogens with one attached hydrogen (secondary N) is 1. The second-order valence-electron chi connectivity index (χ2n) is 6.21. The largest absolute Gasteiger partial charge is 0.434 e. The van der Waals surface area contributed by atoms with Gasteiger partial charge in [0.15, 0.2) is 5.69 Å². The van der Waals surface area contributed by atoms with Gasteiger partial charge in [-0.2, -0.15) is 13.2 Å². The average molecular weight is 459 g/mol. The number of rotatable bonds is 5. The smallest absolute Gasteiger partial charge is 0.326 e. The number of imidazole rings is 1. The van der Waals surface area contributed by atoms with Crippen LogP contribution in [0.5, 0.6) is 0 Å². The monoisotopic (exact) mass is 458 g/mol. The van der Waals surface area contributed by atoms with Crippen molar-refractivity contribution in [2.24, 2.45) is 5.14 Å². The van der Waals surface area contributed by atoms with Crippen LogP contribution in [0.3, 0.4) is 0 Å². The Labute approximate surface area is 174 Å². The van der Waals surface area contributed by atoms with E-state index in [-0.39, 0.29) is 17.8 Å². The van der Waals surface area contributed by atoms with E-state index in [2.05, 4.69) is 10.3 Å². The minimum atomic E-state index is -4.69. The molecule has 1 amide bonds. The van der Waals surface area contributed by atoms with Crippen LogP contribution >= 0.6 is 11.6 Å². The summed E-state index contributed by atoms with van der Waals surface area (Å²) in [6.45, 7) is 0. The van der Waals surface area contributed by atoms with Crippen molar-refractivity contribution in [1.29, 1.82) is 0 Å². The molecule has 1 heterocycles. The van der Waals surface area contributed by atoms with Crippen LogP contribution in [0.25, 0.3) is 5.69 Å². The summed E-state index contributed by atoms with van der Waals surface area (Å²) in [5, 5.41) is 8.13. The molecule has 0 atom stereocenters. The van der Waals surface area contributed by atoms with Gasteiger partial charge < -0.3 is 9.88 Å². The molecule has 0 bridgehead atoms. The molecule has 0 aliphatic heterocycles. The molecule has 0 spiro atoms. The molecule has 0 unspecified atom stereocenters. The molecule has 7 nitrogen and oxygen atoms in total. The Morgan fingerprint density at radius 3 is 2.50 bits per heavy atom. The molecule has 1 aromatic heterocycles. The van der Waals surface area contributed by atoms with Crippen molar-refractivity contribution < 1.29 is 26.4 Å². The number of hydrogen-bond donors (Lipinski definition) is 2. The van der Waals surface area contributed by atoms with Gasteiger partial charge in [-0.25, -0.2) is 18.5 Å². The Balaban J connectivity index is 1.91. The quantitative estimate of drug-likeness (QED) is 0.611. The van der Waals surface area contributed by atoms with Crippen molar-refractivity contribution in [3.8, 4) is 5.69 Å². The van der Waals surface area contributed by atoms with E-state index in [4.69, 9.17) is 16.7 Å². The summed E-state index contributed by atoms with van der Waals surface area (Å²) >= 11 is 6.01. The Kier molecular flexibility index (Phi) is 5.88. The van der Waals surface area contributed by atoms with Gasteiger partial charge in [0, 0.05) is 16.9 Å². The first-order valence-corrected chi connectivity index (χ1v) is 10.2. The number of nitrogens with two attached hydrogens (primary N) is 1. The van der Waals surface area contributed by atoms with Crippen LogP contribution in [-0.2, 0) is 27.4 Å². The second-order valence-corrected chi connectivity index (χ2v) is 8.14. The number of carbonyl (C=O) groups excluding carboxylic acids is 1. The lowest BCUT2D eigenvalue weighted by atomic mass is 10.1. The van der Waals surface area contributed by atoms with Gasteiger partial charge in [-0.3, -0.25) is 4.79 Å². The van der Waals surface area contributed by atoms with Gasteiger partial charge in [-0.1, -0.05) is 29.8 Å². The van der Waals surface area contributed by atoms with Gasteiger partial charge in [-0.15, -0.1) is 0 Å². The third-order valence-corrected chi connectivity index (χ3v) is 5.32. The molecule has 30 heavy (non-hydrogen) atoms. The number of alkyl halides is 3. The molecule has 3 rings (SSSR count). The highest BCUT2D eigenvalue weighted by molar-refractivity contribution is 7.89. The fraction of sp³-hybridized carbons (Fsp3) is 0.111. The molecule has 2 aromatic carbocycles. The van der Waals surface area contributed by atoms with E-state index in [0.29, 0.717) is 16.8 Å². The standard InChI is InChI=1S/C18H14ClF3N4O3S/c19-13-4-2-1-3-11(13)7-17(27)25-12-5-6-14(15(8-12)30(23,28)29)26-9-16(24-10-26)18(20,21)22/h1-6,8-10H,7H2,(H,25,27)(H2,23,28,29). The van der Waals surface area contributed by atoms with Crippen molar-refractivity contribution in [3.05, 3.63) is 71.3 Å². The number of benzene rings is 2. The van der Waals surface area contributed by atoms with Crippen LogP contribution in [0, 0.1) is 0 Å². The normalized spacial score (nSPS) is 12.0. The number of halogens is 4. The molecular formula is C18H14ClF3N4O3S. The number of carbonyl (C=O) groups is 1. The number of hydrogen-bond acceptors (Lipinski definition) is 4. The fourth-order valence-electron chi connectivity index (χ4n) is 2.65. The third-order valence-electron chi connectivity index (χ3n) is 4.01. The molecular weight excluding hydrogens is 445 g/mol. The zero-order valence-electron chi connectivity index (χ0n) is 15.0. The van der Waals surface area contributed by atoms with Gasteiger partial charge in [0.2, 0.25) is 15.9 Å². The van der Waals surface area contributed by atoms with Crippen molar-refractivity contribution in [2.75, 3.05) is 5.32 Å². The van der Waals surface area contributed by atoms with Crippen LogP contribution in [-0.4, -0.2) is 23.9 Å². The van der Waals surface area contributed by atoms with Crippen LogP contribution in [0.15, 0.2) is 59.9 Å². The average Bonchev–Trinajstić information content (AvgIpc) is 3.13. The lowest BCUT2D eigenvalue weighted by Crippen LogP contribution is -2.18. The first-order chi connectivity index (χ1) is 13.9. The molecule has 0 saturated heterocycles. The third kappa shape index (κ3) is 4.99. The van der Waals surface area contributed by atoms with Gasteiger partial charge >= 0.3 is 6.18 Å². The van der Waals surface area contributed by atoms with E-state index in [0.717, 1.165) is 17.0 Å². The van der Waals surface area contributed by atoms with E-state index in [9.17, 15) is 26.4 Å². The highest BCUT2D eigenvalue weighted by Gasteiger charge is 2.34. The fourth-order valence-corrected chi connectivity index (χ4v) is 3.61. The highest BCUT2D eigenvalue weighted by Crippen LogP contribution is 2.30. The van der Waals surface area contributed by atoms with Crippen molar-refractivity contribution in [3.63, 3.8) is 0 Å². The summed E-state index contributed by atoms with van der Waals surface area (Å²) in [6, 6.07) is 10.3. The first-order valence-electron chi connectivity index (χ1n) is 8.27. The number of amides is 1. The lowest BCUT2D eigenvalue weighted by Gasteiger charge is -2.12. The maximum Gasteiger partial charge on any atom is 0.434 e. The van der Waals surface area contributed by atoms with Gasteiger partial charge in [0.25, 0.3) is 0 Å². The summed E-state index contributed by atoms with van der Waals surface area (Å²) in [6.07, 6.45) is -3.30. The minimum Gasteiger partial charge on any atom is -0.326 e. The van der Waals surface area contributed by atoms with Gasteiger partial charge in [0.1, 0.15) is 4.90 Å². The second kappa shape index (κ2) is 8.09. The molecule has 12 heteroatoms. The lowest BCUT2D eigenvalue weighted by molar-refractivity contribution is -0.140. The Bertz CT molecular complexity index is 1210. The highest BCUT2D eigenvalue weighted by atomic mass is 35.5.